The van der Waals surface area contributed by atoms with Gasteiger partial charge >= 0.3 is 5.69 Å². The highest BCUT2D eigenvalue weighted by Gasteiger charge is 2.13. The van der Waals surface area contributed by atoms with Crippen LogP contribution >= 0.6 is 0 Å². The lowest BCUT2D eigenvalue weighted by molar-refractivity contribution is 0.455. The van der Waals surface area contributed by atoms with E-state index < -0.39 is 0 Å². The summed E-state index contributed by atoms with van der Waals surface area (Å²) >= 11 is 0. The van der Waals surface area contributed by atoms with E-state index in [-0.39, 0.29) is 5.69 Å². The average Bonchev–Trinajstić information content (AvgIpc) is 2.84. The number of hydrogen-bond donors (Lipinski definition) is 0. The summed E-state index contributed by atoms with van der Waals surface area (Å²) in [4.78, 5) is 16.6. The predicted octanol–water partition coefficient (Wildman–Crippen LogP) is 1.99. The van der Waals surface area contributed by atoms with Crippen molar-refractivity contribution in [3.8, 4) is 0 Å². The zero-order valence-corrected chi connectivity index (χ0v) is 11.2. The molecule has 0 radical (unpaired) electrons. The maximum atomic E-state index is 12.2. The van der Waals surface area contributed by atoms with Crippen molar-refractivity contribution in [2.45, 2.75) is 20.4 Å². The van der Waals surface area contributed by atoms with Gasteiger partial charge < -0.3 is 4.42 Å². The standard InChI is InChI=1S/C14H15N3O2/c1-9-10(2)19-13(15-9)8-17-12-7-5-4-6-11(12)16(3)14(17)18/h4-7H,8H2,1-3H3. The van der Waals surface area contributed by atoms with Crippen LogP contribution in [0.1, 0.15) is 17.3 Å². The van der Waals surface area contributed by atoms with Crippen LogP contribution in [0.15, 0.2) is 33.5 Å². The van der Waals surface area contributed by atoms with Crippen LogP contribution in [0.25, 0.3) is 11.0 Å². The number of oxazole rings is 1. The van der Waals surface area contributed by atoms with Gasteiger partial charge in [0.2, 0.25) is 5.89 Å². The van der Waals surface area contributed by atoms with Gasteiger partial charge in [-0.25, -0.2) is 9.78 Å². The summed E-state index contributed by atoms with van der Waals surface area (Å²) in [5.41, 5.74) is 2.61. The first-order chi connectivity index (χ1) is 9.08. The number of imidazole rings is 1. The van der Waals surface area contributed by atoms with Gasteiger partial charge in [0.15, 0.2) is 0 Å². The third-order valence-corrected chi connectivity index (χ3v) is 3.42. The summed E-state index contributed by atoms with van der Waals surface area (Å²) in [5, 5.41) is 0. The van der Waals surface area contributed by atoms with Crippen molar-refractivity contribution in [2.75, 3.05) is 0 Å². The second kappa shape index (κ2) is 4.12. The first-order valence-corrected chi connectivity index (χ1v) is 6.15. The zero-order chi connectivity index (χ0) is 13.6. The van der Waals surface area contributed by atoms with Crippen LogP contribution in [0.3, 0.4) is 0 Å². The van der Waals surface area contributed by atoms with Crippen LogP contribution in [-0.2, 0) is 13.6 Å². The van der Waals surface area contributed by atoms with Gasteiger partial charge in [-0.2, -0.15) is 0 Å². The molecule has 2 aromatic heterocycles. The minimum atomic E-state index is -0.0605. The van der Waals surface area contributed by atoms with E-state index in [0.717, 1.165) is 22.5 Å². The highest BCUT2D eigenvalue weighted by molar-refractivity contribution is 5.75. The Balaban J connectivity index is 2.15. The van der Waals surface area contributed by atoms with E-state index in [1.807, 2.05) is 38.1 Å². The lowest BCUT2D eigenvalue weighted by Gasteiger charge is -1.98. The second-order valence-electron chi connectivity index (χ2n) is 4.67. The third kappa shape index (κ3) is 1.78. The van der Waals surface area contributed by atoms with Crippen LogP contribution in [0.5, 0.6) is 0 Å². The molecule has 3 rings (SSSR count). The number of fused-ring (bicyclic) bond motifs is 1. The molecule has 19 heavy (non-hydrogen) atoms. The topological polar surface area (TPSA) is 53.0 Å². The molecule has 0 aliphatic rings. The molecule has 0 bridgehead atoms. The smallest absolute Gasteiger partial charge is 0.329 e. The normalized spacial score (nSPS) is 11.3. The van der Waals surface area contributed by atoms with Gasteiger partial charge in [0.05, 0.1) is 16.7 Å². The van der Waals surface area contributed by atoms with E-state index in [4.69, 9.17) is 4.42 Å². The van der Waals surface area contributed by atoms with Crippen molar-refractivity contribution in [1.29, 1.82) is 0 Å². The molecular weight excluding hydrogens is 242 g/mol. The van der Waals surface area contributed by atoms with E-state index in [9.17, 15) is 4.79 Å². The van der Waals surface area contributed by atoms with E-state index in [0.29, 0.717) is 12.4 Å². The number of aryl methyl sites for hydroxylation is 3. The number of nitrogens with zero attached hydrogens (tertiary/aromatic N) is 3. The fraction of sp³-hybridized carbons (Fsp3) is 0.286. The maximum absolute atomic E-state index is 12.2. The molecule has 0 aliphatic carbocycles. The van der Waals surface area contributed by atoms with E-state index >= 15 is 0 Å². The lowest BCUT2D eigenvalue weighted by Crippen LogP contribution is -2.22. The molecule has 2 heterocycles. The van der Waals surface area contributed by atoms with Gasteiger partial charge in [-0.15, -0.1) is 0 Å². The summed E-state index contributed by atoms with van der Waals surface area (Å²) in [5.74, 6) is 1.36. The van der Waals surface area contributed by atoms with Crippen molar-refractivity contribution in [3.63, 3.8) is 0 Å². The largest absolute Gasteiger partial charge is 0.444 e. The Bertz CT molecular complexity index is 788. The van der Waals surface area contributed by atoms with Crippen LogP contribution < -0.4 is 5.69 Å². The van der Waals surface area contributed by atoms with Gasteiger partial charge in [0, 0.05) is 7.05 Å². The highest BCUT2D eigenvalue weighted by atomic mass is 16.4. The highest BCUT2D eigenvalue weighted by Crippen LogP contribution is 2.14. The minimum Gasteiger partial charge on any atom is -0.444 e. The SMILES string of the molecule is Cc1nc(Cn2c(=O)n(C)c3ccccc32)oc1C. The Labute approximate surface area is 110 Å². The van der Waals surface area contributed by atoms with Crippen molar-refractivity contribution in [2.24, 2.45) is 7.05 Å². The molecule has 0 spiro atoms. The van der Waals surface area contributed by atoms with Crippen LogP contribution in [0.4, 0.5) is 0 Å². The molecule has 0 N–H and O–H groups in total. The zero-order valence-electron chi connectivity index (χ0n) is 11.2. The van der Waals surface area contributed by atoms with E-state index in [2.05, 4.69) is 4.98 Å². The van der Waals surface area contributed by atoms with Crippen molar-refractivity contribution in [1.82, 2.24) is 14.1 Å². The first kappa shape index (κ1) is 11.8. The molecule has 0 amide bonds. The fourth-order valence-corrected chi connectivity index (χ4v) is 2.26. The molecule has 5 heteroatoms. The average molecular weight is 257 g/mol. The maximum Gasteiger partial charge on any atom is 0.329 e. The van der Waals surface area contributed by atoms with Crippen molar-refractivity contribution in [3.05, 3.63) is 52.1 Å². The molecule has 3 aromatic rings. The number of rotatable bonds is 2. The number of para-hydroxylation sites is 2. The molecular formula is C14H15N3O2. The van der Waals surface area contributed by atoms with E-state index in [1.54, 1.807) is 16.2 Å². The van der Waals surface area contributed by atoms with Gasteiger partial charge in [-0.05, 0) is 26.0 Å². The first-order valence-electron chi connectivity index (χ1n) is 6.15. The molecule has 0 fully saturated rings. The Morgan fingerprint density at radius 1 is 1.21 bits per heavy atom. The van der Waals surface area contributed by atoms with E-state index in [1.165, 1.54) is 0 Å². The van der Waals surface area contributed by atoms with Crippen LogP contribution in [0, 0.1) is 13.8 Å². The Morgan fingerprint density at radius 3 is 2.53 bits per heavy atom. The Morgan fingerprint density at radius 2 is 1.89 bits per heavy atom. The monoisotopic (exact) mass is 257 g/mol. The number of hydrogen-bond acceptors (Lipinski definition) is 3. The molecule has 5 nitrogen and oxygen atoms in total. The molecule has 98 valence electrons. The Kier molecular flexibility index (Phi) is 2.55. The van der Waals surface area contributed by atoms with Crippen molar-refractivity contribution < 1.29 is 4.42 Å². The van der Waals surface area contributed by atoms with Gasteiger partial charge in [-0.1, -0.05) is 12.1 Å². The van der Waals surface area contributed by atoms with Gasteiger partial charge in [0.25, 0.3) is 0 Å². The van der Waals surface area contributed by atoms with Crippen LogP contribution in [-0.4, -0.2) is 14.1 Å². The number of aromatic nitrogens is 3. The summed E-state index contributed by atoms with van der Waals surface area (Å²) in [6, 6.07) is 7.70. The Hall–Kier alpha value is -2.30. The summed E-state index contributed by atoms with van der Waals surface area (Å²) in [6.07, 6.45) is 0. The molecule has 0 saturated carbocycles. The molecule has 0 aliphatic heterocycles. The summed E-state index contributed by atoms with van der Waals surface area (Å²) in [7, 11) is 1.77. The molecule has 1 aromatic carbocycles. The molecule has 0 atom stereocenters. The van der Waals surface area contributed by atoms with Gasteiger partial charge in [-0.3, -0.25) is 9.13 Å². The molecule has 0 unspecified atom stereocenters. The quantitative estimate of drug-likeness (QED) is 0.705. The lowest BCUT2D eigenvalue weighted by atomic mass is 10.3. The predicted molar refractivity (Wildman–Crippen MR) is 72.3 cm³/mol. The van der Waals surface area contributed by atoms with Gasteiger partial charge in [0.1, 0.15) is 12.3 Å². The second-order valence-corrected chi connectivity index (χ2v) is 4.67. The molecule has 0 saturated heterocycles. The minimum absolute atomic E-state index is 0.0605. The van der Waals surface area contributed by atoms with Crippen LogP contribution in [0.2, 0.25) is 0 Å². The fourth-order valence-electron chi connectivity index (χ4n) is 2.26. The summed E-state index contributed by atoms with van der Waals surface area (Å²) < 4.78 is 8.87. The number of benzene rings is 1. The van der Waals surface area contributed by atoms with Crippen molar-refractivity contribution >= 4 is 11.0 Å². The third-order valence-electron chi connectivity index (χ3n) is 3.42. The summed E-state index contributed by atoms with van der Waals surface area (Å²) in [6.45, 7) is 4.13.